The predicted molar refractivity (Wildman–Crippen MR) is 58.5 cm³/mol. The van der Waals surface area contributed by atoms with Crippen LogP contribution < -0.4 is 5.32 Å². The molecule has 68 valence electrons. The van der Waals surface area contributed by atoms with Crippen LogP contribution in [0.25, 0.3) is 0 Å². The summed E-state index contributed by atoms with van der Waals surface area (Å²) in [6.45, 7) is 0. The fourth-order valence-corrected chi connectivity index (χ4v) is 2.28. The SMILES string of the molecule is O=C1CSc2cc(CS)ccc2N1. The molecule has 4 heteroatoms. The van der Waals surface area contributed by atoms with Gasteiger partial charge in [-0.1, -0.05) is 6.07 Å². The Morgan fingerprint density at radius 1 is 1.54 bits per heavy atom. The number of carbonyl (C=O) groups is 1. The Morgan fingerprint density at radius 2 is 2.38 bits per heavy atom. The standard InChI is InChI=1S/C9H9NOS2/c11-9-5-13-8-3-6(4-12)1-2-7(8)10-9/h1-3,12H,4-5H2,(H,10,11). The van der Waals surface area contributed by atoms with E-state index in [1.807, 2.05) is 12.1 Å². The summed E-state index contributed by atoms with van der Waals surface area (Å²) >= 11 is 5.78. The molecule has 0 aromatic heterocycles. The zero-order valence-corrected chi connectivity index (χ0v) is 8.62. The van der Waals surface area contributed by atoms with E-state index in [9.17, 15) is 4.79 Å². The first kappa shape index (κ1) is 8.97. The largest absolute Gasteiger partial charge is 0.324 e. The third-order valence-electron chi connectivity index (χ3n) is 1.86. The summed E-state index contributed by atoms with van der Waals surface area (Å²) in [5.74, 6) is 1.33. The smallest absolute Gasteiger partial charge is 0.234 e. The molecule has 1 aromatic carbocycles. The van der Waals surface area contributed by atoms with Gasteiger partial charge in [0.15, 0.2) is 0 Å². The molecule has 13 heavy (non-hydrogen) atoms. The third-order valence-corrected chi connectivity index (χ3v) is 3.28. The maximum Gasteiger partial charge on any atom is 0.234 e. The lowest BCUT2D eigenvalue weighted by Crippen LogP contribution is -2.18. The number of hydrogen-bond donors (Lipinski definition) is 2. The van der Waals surface area contributed by atoms with E-state index in [1.165, 1.54) is 5.56 Å². The van der Waals surface area contributed by atoms with Crippen LogP contribution in [0.1, 0.15) is 5.56 Å². The van der Waals surface area contributed by atoms with Crippen molar-refractivity contribution in [3.8, 4) is 0 Å². The summed E-state index contributed by atoms with van der Waals surface area (Å²) in [7, 11) is 0. The number of benzene rings is 1. The summed E-state index contributed by atoms with van der Waals surface area (Å²) in [6.07, 6.45) is 0. The van der Waals surface area contributed by atoms with Crippen LogP contribution in [0.2, 0.25) is 0 Å². The summed E-state index contributed by atoms with van der Waals surface area (Å²) in [6, 6.07) is 6.00. The molecule has 0 bridgehead atoms. The minimum absolute atomic E-state index is 0.0797. The van der Waals surface area contributed by atoms with Crippen LogP contribution in [0.4, 0.5) is 5.69 Å². The summed E-state index contributed by atoms with van der Waals surface area (Å²) in [4.78, 5) is 12.2. The number of thiol groups is 1. The predicted octanol–water partition coefficient (Wildman–Crippen LogP) is 2.16. The van der Waals surface area contributed by atoms with Crippen LogP contribution in [-0.2, 0) is 10.5 Å². The first-order valence-electron chi connectivity index (χ1n) is 3.96. The van der Waals surface area contributed by atoms with Crippen LogP contribution in [0.5, 0.6) is 0 Å². The van der Waals surface area contributed by atoms with Crippen molar-refractivity contribution in [1.82, 2.24) is 0 Å². The zero-order chi connectivity index (χ0) is 9.26. The molecule has 0 aliphatic carbocycles. The van der Waals surface area contributed by atoms with Gasteiger partial charge in [-0.3, -0.25) is 4.79 Å². The second-order valence-corrected chi connectivity index (χ2v) is 4.16. The van der Waals surface area contributed by atoms with Gasteiger partial charge in [0.25, 0.3) is 0 Å². The number of amides is 1. The number of thioether (sulfide) groups is 1. The summed E-state index contributed by atoms with van der Waals surface area (Å²) in [5, 5.41) is 2.83. The van der Waals surface area contributed by atoms with Gasteiger partial charge >= 0.3 is 0 Å². The molecule has 0 saturated carbocycles. The Balaban J connectivity index is 2.36. The molecule has 1 aliphatic heterocycles. The lowest BCUT2D eigenvalue weighted by Gasteiger charge is -2.16. The molecular formula is C9H9NOS2. The highest BCUT2D eigenvalue weighted by Crippen LogP contribution is 2.32. The first-order chi connectivity index (χ1) is 6.29. The van der Waals surface area contributed by atoms with Crippen molar-refractivity contribution in [2.75, 3.05) is 11.1 Å². The Labute approximate surface area is 86.5 Å². The lowest BCUT2D eigenvalue weighted by molar-refractivity contribution is -0.113. The quantitative estimate of drug-likeness (QED) is 0.697. The Kier molecular flexibility index (Phi) is 2.51. The highest BCUT2D eigenvalue weighted by atomic mass is 32.2. The van der Waals surface area contributed by atoms with Crippen molar-refractivity contribution in [3.05, 3.63) is 23.8 Å². The maximum atomic E-state index is 11.0. The van der Waals surface area contributed by atoms with Crippen molar-refractivity contribution >= 4 is 36.0 Å². The Morgan fingerprint density at radius 3 is 3.15 bits per heavy atom. The summed E-state index contributed by atoms with van der Waals surface area (Å²) < 4.78 is 0. The molecule has 0 radical (unpaired) electrons. The van der Waals surface area contributed by atoms with Crippen LogP contribution in [0, 0.1) is 0 Å². The van der Waals surface area contributed by atoms with E-state index < -0.39 is 0 Å². The normalized spacial score (nSPS) is 15.0. The minimum Gasteiger partial charge on any atom is -0.324 e. The van der Waals surface area contributed by atoms with Crippen molar-refractivity contribution in [2.24, 2.45) is 0 Å². The number of carbonyl (C=O) groups excluding carboxylic acids is 1. The number of nitrogens with one attached hydrogen (secondary N) is 1. The molecule has 1 amide bonds. The topological polar surface area (TPSA) is 29.1 Å². The molecule has 1 aromatic rings. The average molecular weight is 211 g/mol. The Hall–Kier alpha value is -0.610. The van der Waals surface area contributed by atoms with Crippen molar-refractivity contribution < 1.29 is 4.79 Å². The van der Waals surface area contributed by atoms with E-state index in [1.54, 1.807) is 11.8 Å². The molecule has 0 spiro atoms. The number of anilines is 1. The second kappa shape index (κ2) is 3.64. The van der Waals surface area contributed by atoms with Gasteiger partial charge in [0.2, 0.25) is 5.91 Å². The van der Waals surface area contributed by atoms with Gasteiger partial charge in [0.1, 0.15) is 0 Å². The van der Waals surface area contributed by atoms with E-state index in [-0.39, 0.29) is 5.91 Å². The summed E-state index contributed by atoms with van der Waals surface area (Å²) in [5.41, 5.74) is 2.11. The molecule has 2 nitrogen and oxygen atoms in total. The van der Waals surface area contributed by atoms with E-state index in [0.29, 0.717) is 5.75 Å². The molecule has 0 atom stereocenters. The molecule has 0 fully saturated rings. The molecule has 0 unspecified atom stereocenters. The van der Waals surface area contributed by atoms with Crippen molar-refractivity contribution in [1.29, 1.82) is 0 Å². The number of fused-ring (bicyclic) bond motifs is 1. The van der Waals surface area contributed by atoms with E-state index >= 15 is 0 Å². The molecule has 0 saturated heterocycles. The Bertz CT molecular complexity index is 351. The van der Waals surface area contributed by atoms with Gasteiger partial charge in [-0.2, -0.15) is 12.6 Å². The third kappa shape index (κ3) is 1.84. The lowest BCUT2D eigenvalue weighted by atomic mass is 10.2. The fourth-order valence-electron chi connectivity index (χ4n) is 1.22. The van der Waals surface area contributed by atoms with Gasteiger partial charge in [0, 0.05) is 10.6 Å². The average Bonchev–Trinajstić information content (AvgIpc) is 2.17. The molecular weight excluding hydrogens is 202 g/mol. The van der Waals surface area contributed by atoms with Gasteiger partial charge in [-0.05, 0) is 17.7 Å². The molecule has 1 N–H and O–H groups in total. The van der Waals surface area contributed by atoms with E-state index in [0.717, 1.165) is 16.3 Å². The zero-order valence-electron chi connectivity index (χ0n) is 6.91. The molecule has 1 heterocycles. The van der Waals surface area contributed by atoms with Crippen molar-refractivity contribution in [2.45, 2.75) is 10.6 Å². The van der Waals surface area contributed by atoms with Gasteiger partial charge < -0.3 is 5.32 Å². The van der Waals surface area contributed by atoms with Crippen LogP contribution in [0.3, 0.4) is 0 Å². The molecule has 2 rings (SSSR count). The highest BCUT2D eigenvalue weighted by Gasteiger charge is 2.14. The van der Waals surface area contributed by atoms with E-state index in [2.05, 4.69) is 24.0 Å². The maximum absolute atomic E-state index is 11.0. The first-order valence-corrected chi connectivity index (χ1v) is 5.58. The fraction of sp³-hybridized carbons (Fsp3) is 0.222. The highest BCUT2D eigenvalue weighted by molar-refractivity contribution is 8.00. The monoisotopic (exact) mass is 211 g/mol. The molecule has 1 aliphatic rings. The van der Waals surface area contributed by atoms with Gasteiger partial charge in [-0.15, -0.1) is 11.8 Å². The van der Waals surface area contributed by atoms with Gasteiger partial charge in [-0.25, -0.2) is 0 Å². The van der Waals surface area contributed by atoms with Crippen molar-refractivity contribution in [3.63, 3.8) is 0 Å². The van der Waals surface area contributed by atoms with Crippen LogP contribution in [0.15, 0.2) is 23.1 Å². The second-order valence-electron chi connectivity index (χ2n) is 2.83. The van der Waals surface area contributed by atoms with Crippen LogP contribution in [-0.4, -0.2) is 11.7 Å². The number of rotatable bonds is 1. The van der Waals surface area contributed by atoms with Crippen LogP contribution >= 0.6 is 24.4 Å². The minimum atomic E-state index is 0.0797. The number of hydrogen-bond acceptors (Lipinski definition) is 3. The van der Waals surface area contributed by atoms with Gasteiger partial charge in [0.05, 0.1) is 11.4 Å². The van der Waals surface area contributed by atoms with E-state index in [4.69, 9.17) is 0 Å².